The number of carbonyl (C=O) groups excluding carboxylic acids is 1. The van der Waals surface area contributed by atoms with Crippen molar-refractivity contribution in [1.29, 1.82) is 0 Å². The van der Waals surface area contributed by atoms with Gasteiger partial charge in [-0.2, -0.15) is 0 Å². The van der Waals surface area contributed by atoms with E-state index in [2.05, 4.69) is 0 Å². The molecule has 2 aromatic carbocycles. The zero-order valence-electron chi connectivity index (χ0n) is 12.6. The van der Waals surface area contributed by atoms with Gasteiger partial charge in [0.1, 0.15) is 5.75 Å². The Balaban J connectivity index is 2.00. The molecule has 23 heavy (non-hydrogen) atoms. The summed E-state index contributed by atoms with van der Waals surface area (Å²) in [5.74, 6) is 0.549. The van der Waals surface area contributed by atoms with Crippen LogP contribution >= 0.6 is 0 Å². The third-order valence-corrected chi connectivity index (χ3v) is 3.56. The summed E-state index contributed by atoms with van der Waals surface area (Å²) in [4.78, 5) is 24.6. The fourth-order valence-electron chi connectivity index (χ4n) is 2.32. The van der Waals surface area contributed by atoms with Crippen LogP contribution in [0.4, 0.5) is 0 Å². The molecule has 3 rings (SSSR count). The molecule has 0 bridgehead atoms. The van der Waals surface area contributed by atoms with Crippen LogP contribution in [0.25, 0.3) is 5.69 Å². The van der Waals surface area contributed by atoms with Crippen molar-refractivity contribution in [2.45, 2.75) is 0 Å². The van der Waals surface area contributed by atoms with Gasteiger partial charge in [-0.1, -0.05) is 18.2 Å². The van der Waals surface area contributed by atoms with E-state index in [9.17, 15) is 9.59 Å². The maximum atomic E-state index is 12.6. The summed E-state index contributed by atoms with van der Waals surface area (Å²) < 4.78 is 6.56. The number of nitrogens with zero attached hydrogens (tertiary/aromatic N) is 1. The van der Waals surface area contributed by atoms with Crippen LogP contribution in [0.1, 0.15) is 15.9 Å². The molecule has 0 amide bonds. The Kier molecular flexibility index (Phi) is 4.06. The molecule has 114 valence electrons. The third kappa shape index (κ3) is 3.06. The first kappa shape index (κ1) is 14.8. The molecule has 1 heterocycles. The zero-order chi connectivity index (χ0) is 16.2. The maximum absolute atomic E-state index is 12.6. The summed E-state index contributed by atoms with van der Waals surface area (Å²) in [5.41, 5.74) is 1.55. The number of aromatic nitrogens is 1. The first-order valence-corrected chi connectivity index (χ1v) is 7.16. The number of hydrogen-bond acceptors (Lipinski definition) is 3. The second-order valence-corrected chi connectivity index (χ2v) is 5.02. The van der Waals surface area contributed by atoms with Crippen LogP contribution < -0.4 is 10.3 Å². The summed E-state index contributed by atoms with van der Waals surface area (Å²) in [5, 5.41) is 0. The van der Waals surface area contributed by atoms with Gasteiger partial charge in [0.15, 0.2) is 5.78 Å². The van der Waals surface area contributed by atoms with Crippen LogP contribution in [-0.4, -0.2) is 17.5 Å². The molecule has 4 nitrogen and oxygen atoms in total. The van der Waals surface area contributed by atoms with Crippen molar-refractivity contribution in [3.8, 4) is 11.4 Å². The number of hydrogen-bond donors (Lipinski definition) is 0. The summed E-state index contributed by atoms with van der Waals surface area (Å²) in [6.45, 7) is 0. The molecule has 3 aromatic rings. The average molecular weight is 305 g/mol. The number of ketones is 1. The van der Waals surface area contributed by atoms with E-state index in [1.165, 1.54) is 10.6 Å². The van der Waals surface area contributed by atoms with Gasteiger partial charge in [0, 0.05) is 29.1 Å². The van der Waals surface area contributed by atoms with Gasteiger partial charge in [0.2, 0.25) is 0 Å². The number of rotatable bonds is 4. The lowest BCUT2D eigenvalue weighted by molar-refractivity contribution is 0.103. The molecule has 0 aliphatic heterocycles. The molecular weight excluding hydrogens is 290 g/mol. The minimum absolute atomic E-state index is 0.141. The van der Waals surface area contributed by atoms with Gasteiger partial charge in [-0.15, -0.1) is 0 Å². The number of benzene rings is 2. The van der Waals surface area contributed by atoms with Crippen LogP contribution in [0.3, 0.4) is 0 Å². The highest BCUT2D eigenvalue weighted by Gasteiger charge is 2.11. The fourth-order valence-corrected chi connectivity index (χ4v) is 2.32. The minimum Gasteiger partial charge on any atom is -0.497 e. The van der Waals surface area contributed by atoms with Crippen molar-refractivity contribution in [3.63, 3.8) is 0 Å². The standard InChI is InChI=1S/C19H15NO3/c1-23-17-10-7-14(8-11-17)19(22)15-9-12-18(21)20(13-15)16-5-3-2-4-6-16/h2-13H,1H3. The summed E-state index contributed by atoms with van der Waals surface area (Å²) >= 11 is 0. The van der Waals surface area contributed by atoms with E-state index < -0.39 is 0 Å². The SMILES string of the molecule is COc1ccc(C(=O)c2ccc(=O)n(-c3ccccc3)c2)cc1. The van der Waals surface area contributed by atoms with Crippen molar-refractivity contribution < 1.29 is 9.53 Å². The molecule has 0 saturated carbocycles. The van der Waals surface area contributed by atoms with Gasteiger partial charge in [-0.25, -0.2) is 0 Å². The Labute approximate surface area is 133 Å². The Bertz CT molecular complexity index is 880. The fraction of sp³-hybridized carbons (Fsp3) is 0.0526. The van der Waals surface area contributed by atoms with E-state index in [0.717, 1.165) is 5.69 Å². The van der Waals surface area contributed by atoms with E-state index in [1.807, 2.05) is 30.3 Å². The predicted octanol–water partition coefficient (Wildman–Crippen LogP) is 3.08. The number of methoxy groups -OCH3 is 1. The van der Waals surface area contributed by atoms with E-state index in [4.69, 9.17) is 4.74 Å². The topological polar surface area (TPSA) is 48.3 Å². The van der Waals surface area contributed by atoms with Gasteiger partial charge >= 0.3 is 0 Å². The van der Waals surface area contributed by atoms with Crippen molar-refractivity contribution in [1.82, 2.24) is 4.57 Å². The first-order valence-electron chi connectivity index (χ1n) is 7.16. The molecule has 0 spiro atoms. The third-order valence-electron chi connectivity index (χ3n) is 3.56. The van der Waals surface area contributed by atoms with Crippen LogP contribution in [0, 0.1) is 0 Å². The highest BCUT2D eigenvalue weighted by Crippen LogP contribution is 2.15. The Morgan fingerprint density at radius 3 is 2.17 bits per heavy atom. The second-order valence-electron chi connectivity index (χ2n) is 5.02. The molecule has 0 saturated heterocycles. The van der Waals surface area contributed by atoms with E-state index >= 15 is 0 Å². The van der Waals surface area contributed by atoms with Gasteiger partial charge in [0.05, 0.1) is 7.11 Å². The smallest absolute Gasteiger partial charge is 0.255 e. The molecule has 0 aliphatic rings. The average Bonchev–Trinajstić information content (AvgIpc) is 2.62. The van der Waals surface area contributed by atoms with Crippen LogP contribution in [-0.2, 0) is 0 Å². The Morgan fingerprint density at radius 1 is 0.870 bits per heavy atom. The molecule has 4 heteroatoms. The molecule has 0 fully saturated rings. The highest BCUT2D eigenvalue weighted by molar-refractivity contribution is 6.08. The van der Waals surface area contributed by atoms with Crippen molar-refractivity contribution >= 4 is 5.78 Å². The monoisotopic (exact) mass is 305 g/mol. The van der Waals surface area contributed by atoms with E-state index in [0.29, 0.717) is 16.9 Å². The maximum Gasteiger partial charge on any atom is 0.255 e. The van der Waals surface area contributed by atoms with Crippen LogP contribution in [0.15, 0.2) is 77.7 Å². The largest absolute Gasteiger partial charge is 0.497 e. The van der Waals surface area contributed by atoms with E-state index in [-0.39, 0.29) is 11.3 Å². The van der Waals surface area contributed by atoms with E-state index in [1.54, 1.807) is 43.6 Å². The Hall–Kier alpha value is -3.14. The lowest BCUT2D eigenvalue weighted by Gasteiger charge is -2.08. The normalized spacial score (nSPS) is 10.3. The first-order chi connectivity index (χ1) is 11.2. The quantitative estimate of drug-likeness (QED) is 0.696. The Morgan fingerprint density at radius 2 is 1.52 bits per heavy atom. The summed E-state index contributed by atoms with van der Waals surface area (Å²) in [6.07, 6.45) is 1.57. The molecular formula is C19H15NO3. The molecule has 0 radical (unpaired) electrons. The predicted molar refractivity (Wildman–Crippen MR) is 88.5 cm³/mol. The van der Waals surface area contributed by atoms with Gasteiger partial charge in [-0.3, -0.25) is 14.2 Å². The van der Waals surface area contributed by atoms with Crippen molar-refractivity contribution in [2.24, 2.45) is 0 Å². The second kappa shape index (κ2) is 6.32. The van der Waals surface area contributed by atoms with Gasteiger partial charge < -0.3 is 4.74 Å². The lowest BCUT2D eigenvalue weighted by atomic mass is 10.0. The number of carbonyl (C=O) groups is 1. The van der Waals surface area contributed by atoms with Gasteiger partial charge in [0.25, 0.3) is 5.56 Å². The van der Waals surface area contributed by atoms with Crippen molar-refractivity contribution in [3.05, 3.63) is 94.4 Å². The minimum atomic E-state index is -0.178. The van der Waals surface area contributed by atoms with Crippen molar-refractivity contribution in [2.75, 3.05) is 7.11 Å². The molecule has 0 N–H and O–H groups in total. The molecule has 1 aromatic heterocycles. The number of ether oxygens (including phenoxy) is 1. The molecule has 0 atom stereocenters. The lowest BCUT2D eigenvalue weighted by Crippen LogP contribution is -2.18. The summed E-state index contributed by atoms with van der Waals surface area (Å²) in [7, 11) is 1.58. The molecule has 0 aliphatic carbocycles. The molecule has 0 unspecified atom stereocenters. The van der Waals surface area contributed by atoms with Crippen LogP contribution in [0.5, 0.6) is 5.75 Å². The highest BCUT2D eigenvalue weighted by atomic mass is 16.5. The number of para-hydroxylation sites is 1. The summed E-state index contributed by atoms with van der Waals surface area (Å²) in [6, 6.07) is 19.1. The van der Waals surface area contributed by atoms with Crippen LogP contribution in [0.2, 0.25) is 0 Å². The van der Waals surface area contributed by atoms with Gasteiger partial charge in [-0.05, 0) is 42.5 Å². The zero-order valence-corrected chi connectivity index (χ0v) is 12.6. The number of pyridine rings is 1.